The number of rotatable bonds is 2. The predicted molar refractivity (Wildman–Crippen MR) is 81.9 cm³/mol. The van der Waals surface area contributed by atoms with Crippen molar-refractivity contribution >= 4 is 17.5 Å². The van der Waals surface area contributed by atoms with Crippen molar-refractivity contribution in [3.05, 3.63) is 53.7 Å². The Bertz CT molecular complexity index is 669. The van der Waals surface area contributed by atoms with Crippen LogP contribution in [0.3, 0.4) is 0 Å². The van der Waals surface area contributed by atoms with Crippen molar-refractivity contribution < 1.29 is 9.53 Å². The topological polar surface area (TPSA) is 42.4 Å². The third kappa shape index (κ3) is 2.49. The molecule has 1 aliphatic heterocycles. The fraction of sp³-hybridized carbons (Fsp3) is 0.294. The smallest absolute Gasteiger partial charge is 0.338 e. The molecular formula is C17H18N2O2. The molecule has 1 aromatic heterocycles. The zero-order chi connectivity index (χ0) is 14.8. The van der Waals surface area contributed by atoms with Crippen molar-refractivity contribution in [2.24, 2.45) is 0 Å². The zero-order valence-corrected chi connectivity index (χ0v) is 12.2. The first-order chi connectivity index (χ1) is 10.2. The molecule has 21 heavy (non-hydrogen) atoms. The lowest BCUT2D eigenvalue weighted by Crippen LogP contribution is -2.33. The summed E-state index contributed by atoms with van der Waals surface area (Å²) in [5.74, 6) is 0.453. The minimum Gasteiger partial charge on any atom is -0.465 e. The Morgan fingerprint density at radius 1 is 1.33 bits per heavy atom. The number of aryl methyl sites for hydroxylation is 1. The van der Waals surface area contributed by atoms with Crippen molar-refractivity contribution in [3.8, 4) is 0 Å². The first-order valence-electron chi connectivity index (χ1n) is 7.12. The maximum atomic E-state index is 11.7. The largest absolute Gasteiger partial charge is 0.465 e. The molecule has 0 saturated heterocycles. The third-order valence-corrected chi connectivity index (χ3v) is 3.94. The second-order valence-corrected chi connectivity index (χ2v) is 5.28. The molecule has 0 aliphatic carbocycles. The Morgan fingerprint density at radius 3 is 2.95 bits per heavy atom. The molecule has 0 saturated carbocycles. The SMILES string of the molecule is COC(=O)c1ccnc(N2c3ccccc3CCC2C)c1. The van der Waals surface area contributed by atoms with Crippen LogP contribution in [0.2, 0.25) is 0 Å². The van der Waals surface area contributed by atoms with Gasteiger partial charge in [0.05, 0.1) is 12.7 Å². The van der Waals surface area contributed by atoms with Crippen molar-refractivity contribution in [1.82, 2.24) is 4.98 Å². The van der Waals surface area contributed by atoms with Crippen LogP contribution in [0.4, 0.5) is 11.5 Å². The number of fused-ring (bicyclic) bond motifs is 1. The fourth-order valence-corrected chi connectivity index (χ4v) is 2.83. The van der Waals surface area contributed by atoms with E-state index < -0.39 is 0 Å². The molecule has 2 heterocycles. The van der Waals surface area contributed by atoms with Gasteiger partial charge in [0.15, 0.2) is 0 Å². The maximum Gasteiger partial charge on any atom is 0.338 e. The molecule has 1 aromatic carbocycles. The number of methoxy groups -OCH3 is 1. The summed E-state index contributed by atoms with van der Waals surface area (Å²) in [6, 6.07) is 12.2. The lowest BCUT2D eigenvalue weighted by atomic mass is 9.96. The van der Waals surface area contributed by atoms with Gasteiger partial charge < -0.3 is 9.64 Å². The number of para-hydroxylation sites is 1. The van der Waals surface area contributed by atoms with Crippen molar-refractivity contribution in [3.63, 3.8) is 0 Å². The summed E-state index contributed by atoms with van der Waals surface area (Å²) in [6.45, 7) is 2.18. The summed E-state index contributed by atoms with van der Waals surface area (Å²) in [5, 5.41) is 0. The van der Waals surface area contributed by atoms with E-state index in [-0.39, 0.29) is 5.97 Å². The Balaban J connectivity index is 2.05. The van der Waals surface area contributed by atoms with Crippen molar-refractivity contribution in [2.45, 2.75) is 25.8 Å². The Labute approximate surface area is 124 Å². The van der Waals surface area contributed by atoms with Crippen LogP contribution in [0.25, 0.3) is 0 Å². The van der Waals surface area contributed by atoms with Gasteiger partial charge in [-0.2, -0.15) is 0 Å². The van der Waals surface area contributed by atoms with E-state index in [1.807, 2.05) is 6.07 Å². The van der Waals surface area contributed by atoms with E-state index in [4.69, 9.17) is 4.74 Å². The van der Waals surface area contributed by atoms with Gasteiger partial charge in [-0.15, -0.1) is 0 Å². The number of carbonyl (C=O) groups excluding carboxylic acids is 1. The molecule has 0 N–H and O–H groups in total. The number of nitrogens with zero attached hydrogens (tertiary/aromatic N) is 2. The lowest BCUT2D eigenvalue weighted by molar-refractivity contribution is 0.0600. The Kier molecular flexibility index (Phi) is 3.60. The first kappa shape index (κ1) is 13.6. The van der Waals surface area contributed by atoms with Crippen LogP contribution >= 0.6 is 0 Å². The highest BCUT2D eigenvalue weighted by molar-refractivity contribution is 5.90. The number of aromatic nitrogens is 1. The van der Waals surface area contributed by atoms with Crippen LogP contribution in [0, 0.1) is 0 Å². The van der Waals surface area contributed by atoms with Gasteiger partial charge in [-0.25, -0.2) is 9.78 Å². The van der Waals surface area contributed by atoms with Crippen LogP contribution in [-0.4, -0.2) is 24.1 Å². The molecule has 4 heteroatoms. The zero-order valence-electron chi connectivity index (χ0n) is 12.2. The highest BCUT2D eigenvalue weighted by atomic mass is 16.5. The number of pyridine rings is 1. The quantitative estimate of drug-likeness (QED) is 0.792. The highest BCUT2D eigenvalue weighted by Gasteiger charge is 2.25. The monoisotopic (exact) mass is 282 g/mol. The molecule has 1 unspecified atom stereocenters. The van der Waals surface area contributed by atoms with Gasteiger partial charge in [0, 0.05) is 17.9 Å². The molecule has 1 atom stereocenters. The summed E-state index contributed by atoms with van der Waals surface area (Å²) in [5.41, 5.74) is 3.02. The van der Waals surface area contributed by atoms with Crippen LogP contribution < -0.4 is 4.90 Å². The van der Waals surface area contributed by atoms with Gasteiger partial charge in [0.25, 0.3) is 0 Å². The van der Waals surface area contributed by atoms with E-state index in [0.717, 1.165) is 18.7 Å². The van der Waals surface area contributed by atoms with Crippen molar-refractivity contribution in [2.75, 3.05) is 12.0 Å². The van der Waals surface area contributed by atoms with Gasteiger partial charge in [-0.05, 0) is 43.5 Å². The van der Waals surface area contributed by atoms with Crippen LogP contribution in [0.1, 0.15) is 29.3 Å². The van der Waals surface area contributed by atoms with E-state index in [0.29, 0.717) is 11.6 Å². The van der Waals surface area contributed by atoms with Gasteiger partial charge in [0.2, 0.25) is 0 Å². The molecule has 0 bridgehead atoms. The molecule has 2 aromatic rings. The van der Waals surface area contributed by atoms with Gasteiger partial charge >= 0.3 is 5.97 Å². The number of esters is 1. The minimum atomic E-state index is -0.336. The number of ether oxygens (including phenoxy) is 1. The van der Waals surface area contributed by atoms with Gasteiger partial charge in [-0.1, -0.05) is 18.2 Å². The molecular weight excluding hydrogens is 264 g/mol. The number of carbonyl (C=O) groups is 1. The molecule has 0 radical (unpaired) electrons. The standard InChI is InChI=1S/C17H18N2O2/c1-12-7-8-13-5-3-4-6-15(13)19(12)16-11-14(9-10-18-16)17(20)21-2/h3-6,9-12H,7-8H2,1-2H3. The van der Waals surface area contributed by atoms with E-state index in [1.165, 1.54) is 18.4 Å². The van der Waals surface area contributed by atoms with Crippen LogP contribution in [0.5, 0.6) is 0 Å². The first-order valence-corrected chi connectivity index (χ1v) is 7.12. The summed E-state index contributed by atoms with van der Waals surface area (Å²) < 4.78 is 4.79. The van der Waals surface area contributed by atoms with Crippen LogP contribution in [-0.2, 0) is 11.2 Å². The average Bonchev–Trinajstić information content (AvgIpc) is 2.54. The minimum absolute atomic E-state index is 0.336. The molecule has 0 amide bonds. The maximum absolute atomic E-state index is 11.7. The van der Waals surface area contributed by atoms with Gasteiger partial charge in [-0.3, -0.25) is 0 Å². The number of benzene rings is 1. The van der Waals surface area contributed by atoms with Crippen LogP contribution in [0.15, 0.2) is 42.6 Å². The van der Waals surface area contributed by atoms with Crippen molar-refractivity contribution in [1.29, 1.82) is 0 Å². The molecule has 108 valence electrons. The van der Waals surface area contributed by atoms with Gasteiger partial charge in [0.1, 0.15) is 5.82 Å². The van der Waals surface area contributed by atoms with E-state index in [2.05, 4.69) is 35.0 Å². The fourth-order valence-electron chi connectivity index (χ4n) is 2.83. The summed E-state index contributed by atoms with van der Waals surface area (Å²) in [4.78, 5) is 18.4. The molecule has 0 fully saturated rings. The van der Waals surface area contributed by atoms with E-state index >= 15 is 0 Å². The lowest BCUT2D eigenvalue weighted by Gasteiger charge is -2.36. The number of hydrogen-bond acceptors (Lipinski definition) is 4. The number of hydrogen-bond donors (Lipinski definition) is 0. The Morgan fingerprint density at radius 2 is 2.14 bits per heavy atom. The summed E-state index contributed by atoms with van der Waals surface area (Å²) in [7, 11) is 1.39. The second kappa shape index (κ2) is 5.56. The highest BCUT2D eigenvalue weighted by Crippen LogP contribution is 2.35. The normalized spacial score (nSPS) is 17.2. The third-order valence-electron chi connectivity index (χ3n) is 3.94. The molecule has 3 rings (SSSR count). The Hall–Kier alpha value is -2.36. The predicted octanol–water partition coefficient (Wildman–Crippen LogP) is 3.34. The average molecular weight is 282 g/mol. The molecule has 4 nitrogen and oxygen atoms in total. The number of anilines is 2. The molecule has 0 spiro atoms. The van der Waals surface area contributed by atoms with E-state index in [9.17, 15) is 4.79 Å². The summed E-state index contributed by atoms with van der Waals surface area (Å²) >= 11 is 0. The molecule has 1 aliphatic rings. The summed E-state index contributed by atoms with van der Waals surface area (Å²) in [6.07, 6.45) is 3.80. The second-order valence-electron chi connectivity index (χ2n) is 5.28. The van der Waals surface area contributed by atoms with E-state index in [1.54, 1.807) is 18.3 Å².